The van der Waals surface area contributed by atoms with Gasteiger partial charge in [0, 0.05) is 18.6 Å². The summed E-state index contributed by atoms with van der Waals surface area (Å²) in [5, 5.41) is 8.69. The van der Waals surface area contributed by atoms with Crippen molar-refractivity contribution in [2.45, 2.75) is 64.1 Å². The SMILES string of the molecule is C=C(CC(=O)O)C(=O)OC(CCOCC)C(=O)OC1CCCCC1. The van der Waals surface area contributed by atoms with Crippen LogP contribution in [0.3, 0.4) is 0 Å². The van der Waals surface area contributed by atoms with E-state index in [1.54, 1.807) is 0 Å². The van der Waals surface area contributed by atoms with Crippen LogP contribution in [0.25, 0.3) is 0 Å². The summed E-state index contributed by atoms with van der Waals surface area (Å²) in [4.78, 5) is 34.8. The van der Waals surface area contributed by atoms with Crippen molar-refractivity contribution < 1.29 is 33.7 Å². The molecule has 0 aliphatic heterocycles. The second-order valence-electron chi connectivity index (χ2n) is 5.75. The van der Waals surface area contributed by atoms with Crippen molar-refractivity contribution in [3.63, 3.8) is 0 Å². The van der Waals surface area contributed by atoms with Gasteiger partial charge in [0.1, 0.15) is 6.10 Å². The molecule has 0 aromatic rings. The van der Waals surface area contributed by atoms with Crippen molar-refractivity contribution in [3.05, 3.63) is 12.2 Å². The first-order valence-electron chi connectivity index (χ1n) is 8.32. The molecule has 1 N–H and O–H groups in total. The van der Waals surface area contributed by atoms with Crippen LogP contribution in [0, 0.1) is 0 Å². The molecule has 0 bridgehead atoms. The van der Waals surface area contributed by atoms with E-state index in [0.717, 1.165) is 32.1 Å². The summed E-state index contributed by atoms with van der Waals surface area (Å²) < 4.78 is 15.7. The molecule has 0 aromatic heterocycles. The normalized spacial score (nSPS) is 16.2. The molecule has 0 amide bonds. The summed E-state index contributed by atoms with van der Waals surface area (Å²) in [6.07, 6.45) is 3.13. The van der Waals surface area contributed by atoms with Crippen molar-refractivity contribution >= 4 is 17.9 Å². The summed E-state index contributed by atoms with van der Waals surface area (Å²) in [6, 6.07) is 0. The van der Waals surface area contributed by atoms with Gasteiger partial charge >= 0.3 is 17.9 Å². The van der Waals surface area contributed by atoms with Gasteiger partial charge < -0.3 is 19.3 Å². The number of carbonyl (C=O) groups is 3. The van der Waals surface area contributed by atoms with Crippen LogP contribution in [-0.2, 0) is 28.6 Å². The molecule has 1 saturated carbocycles. The molecule has 0 radical (unpaired) electrons. The second kappa shape index (κ2) is 10.8. The van der Waals surface area contributed by atoms with Crippen LogP contribution in [0.2, 0.25) is 0 Å². The minimum Gasteiger partial charge on any atom is -0.481 e. The van der Waals surface area contributed by atoms with Crippen LogP contribution in [0.15, 0.2) is 12.2 Å². The molecule has 1 fully saturated rings. The summed E-state index contributed by atoms with van der Waals surface area (Å²) >= 11 is 0. The Bertz CT molecular complexity index is 452. The summed E-state index contributed by atoms with van der Waals surface area (Å²) in [7, 11) is 0. The van der Waals surface area contributed by atoms with Crippen LogP contribution in [0.4, 0.5) is 0 Å². The van der Waals surface area contributed by atoms with Crippen molar-refractivity contribution in [2.75, 3.05) is 13.2 Å². The fraction of sp³-hybridized carbons (Fsp3) is 0.706. The molecule has 1 atom stereocenters. The Hall–Kier alpha value is -1.89. The monoisotopic (exact) mass is 342 g/mol. The van der Waals surface area contributed by atoms with E-state index in [0.29, 0.717) is 6.61 Å². The molecule has 1 unspecified atom stereocenters. The third-order valence-corrected chi connectivity index (χ3v) is 3.73. The van der Waals surface area contributed by atoms with E-state index in [9.17, 15) is 14.4 Å². The van der Waals surface area contributed by atoms with E-state index < -0.39 is 30.4 Å². The lowest BCUT2D eigenvalue weighted by atomic mass is 9.98. The second-order valence-corrected chi connectivity index (χ2v) is 5.75. The van der Waals surface area contributed by atoms with Gasteiger partial charge in [-0.05, 0) is 32.6 Å². The number of hydrogen-bond donors (Lipinski definition) is 1. The highest BCUT2D eigenvalue weighted by Gasteiger charge is 2.29. The molecule has 1 aliphatic rings. The number of carboxylic acids is 1. The van der Waals surface area contributed by atoms with Gasteiger partial charge in [-0.1, -0.05) is 13.0 Å². The molecule has 7 nitrogen and oxygen atoms in total. The fourth-order valence-electron chi connectivity index (χ4n) is 2.45. The van der Waals surface area contributed by atoms with Crippen LogP contribution < -0.4 is 0 Å². The van der Waals surface area contributed by atoms with E-state index in [1.807, 2.05) is 6.92 Å². The minimum absolute atomic E-state index is 0.151. The first-order chi connectivity index (χ1) is 11.4. The lowest BCUT2D eigenvalue weighted by molar-refractivity contribution is -0.172. The van der Waals surface area contributed by atoms with Gasteiger partial charge in [-0.3, -0.25) is 4.79 Å². The maximum atomic E-state index is 12.3. The molecule has 136 valence electrons. The Labute approximate surface area is 142 Å². The zero-order valence-electron chi connectivity index (χ0n) is 14.1. The molecule has 1 rings (SSSR count). The van der Waals surface area contributed by atoms with E-state index in [-0.39, 0.29) is 24.7 Å². The summed E-state index contributed by atoms with van der Waals surface area (Å²) in [5.74, 6) is -2.70. The number of hydrogen-bond acceptors (Lipinski definition) is 6. The molecule has 0 aromatic carbocycles. The maximum absolute atomic E-state index is 12.3. The third-order valence-electron chi connectivity index (χ3n) is 3.73. The van der Waals surface area contributed by atoms with Crippen LogP contribution >= 0.6 is 0 Å². The van der Waals surface area contributed by atoms with Crippen LogP contribution in [-0.4, -0.2) is 48.4 Å². The Kier molecular flexibility index (Phi) is 9.07. The Balaban J connectivity index is 2.60. The van der Waals surface area contributed by atoms with Crippen molar-refractivity contribution in [1.29, 1.82) is 0 Å². The summed E-state index contributed by atoms with van der Waals surface area (Å²) in [6.45, 7) is 5.91. The predicted molar refractivity (Wildman–Crippen MR) is 85.3 cm³/mol. The first-order valence-corrected chi connectivity index (χ1v) is 8.32. The average molecular weight is 342 g/mol. The van der Waals surface area contributed by atoms with Crippen LogP contribution in [0.5, 0.6) is 0 Å². The van der Waals surface area contributed by atoms with Crippen molar-refractivity contribution in [2.24, 2.45) is 0 Å². The molecule has 1 aliphatic carbocycles. The Morgan fingerprint density at radius 2 is 1.88 bits per heavy atom. The standard InChI is InChI=1S/C17H26O7/c1-3-22-10-9-14(24-16(20)12(2)11-15(18)19)17(21)23-13-7-5-4-6-8-13/h13-14H,2-11H2,1H3,(H,18,19). The smallest absolute Gasteiger partial charge is 0.347 e. The number of carbonyl (C=O) groups excluding carboxylic acids is 2. The average Bonchev–Trinajstić information content (AvgIpc) is 2.54. The van der Waals surface area contributed by atoms with Crippen molar-refractivity contribution in [3.8, 4) is 0 Å². The molecule has 0 saturated heterocycles. The molecular weight excluding hydrogens is 316 g/mol. The van der Waals surface area contributed by atoms with Gasteiger partial charge in [0.2, 0.25) is 6.10 Å². The number of rotatable bonds is 10. The minimum atomic E-state index is -1.19. The molecule has 0 heterocycles. The van der Waals surface area contributed by atoms with Gasteiger partial charge in [0.15, 0.2) is 0 Å². The lowest BCUT2D eigenvalue weighted by Gasteiger charge is -2.24. The molecule has 0 spiro atoms. The lowest BCUT2D eigenvalue weighted by Crippen LogP contribution is -2.34. The highest BCUT2D eigenvalue weighted by atomic mass is 16.6. The van der Waals surface area contributed by atoms with E-state index >= 15 is 0 Å². The molecule has 24 heavy (non-hydrogen) atoms. The molecule has 7 heteroatoms. The number of carboxylic acid groups (broad SMARTS) is 1. The van der Waals surface area contributed by atoms with Gasteiger partial charge in [-0.15, -0.1) is 0 Å². The van der Waals surface area contributed by atoms with Crippen LogP contribution in [0.1, 0.15) is 51.9 Å². The van der Waals surface area contributed by atoms with E-state index in [1.165, 1.54) is 0 Å². The topological polar surface area (TPSA) is 99.1 Å². The van der Waals surface area contributed by atoms with Crippen molar-refractivity contribution in [1.82, 2.24) is 0 Å². The Morgan fingerprint density at radius 1 is 1.21 bits per heavy atom. The number of aliphatic carboxylic acids is 1. The van der Waals surface area contributed by atoms with Gasteiger partial charge in [-0.2, -0.15) is 0 Å². The Morgan fingerprint density at radius 3 is 2.46 bits per heavy atom. The summed E-state index contributed by atoms with van der Waals surface area (Å²) in [5.41, 5.74) is -0.214. The highest BCUT2D eigenvalue weighted by molar-refractivity contribution is 5.94. The zero-order chi connectivity index (χ0) is 17.9. The molecular formula is C17H26O7. The predicted octanol–water partition coefficient (Wildman–Crippen LogP) is 2.23. The number of esters is 2. The van der Waals surface area contributed by atoms with E-state index in [2.05, 4.69) is 6.58 Å². The third kappa shape index (κ3) is 7.59. The maximum Gasteiger partial charge on any atom is 0.347 e. The number of ether oxygens (including phenoxy) is 3. The largest absolute Gasteiger partial charge is 0.481 e. The zero-order valence-corrected chi connectivity index (χ0v) is 14.1. The highest BCUT2D eigenvalue weighted by Crippen LogP contribution is 2.21. The fourth-order valence-corrected chi connectivity index (χ4v) is 2.45. The van der Waals surface area contributed by atoms with Gasteiger partial charge in [0.25, 0.3) is 0 Å². The van der Waals surface area contributed by atoms with Gasteiger partial charge in [0.05, 0.1) is 13.0 Å². The van der Waals surface area contributed by atoms with Gasteiger partial charge in [-0.25, -0.2) is 9.59 Å². The quantitative estimate of drug-likeness (QED) is 0.369. The van der Waals surface area contributed by atoms with E-state index in [4.69, 9.17) is 19.3 Å². The first kappa shape index (κ1) is 20.2.